The maximum Gasteiger partial charge on any atom is 0.247 e. The maximum absolute atomic E-state index is 6.06. The van der Waals surface area contributed by atoms with Crippen molar-refractivity contribution in [1.29, 1.82) is 0 Å². The molecular weight excluding hydrogens is 434 g/mol. The van der Waals surface area contributed by atoms with E-state index >= 15 is 0 Å². The molecule has 0 amide bonds. The molecule has 158 valence electrons. The van der Waals surface area contributed by atoms with E-state index < -0.39 is 0 Å². The molecule has 0 N–H and O–H groups in total. The molecule has 0 spiro atoms. The van der Waals surface area contributed by atoms with Crippen LogP contribution >= 0.6 is 23.4 Å². The predicted octanol–water partition coefficient (Wildman–Crippen LogP) is 5.12. The van der Waals surface area contributed by atoms with Crippen molar-refractivity contribution in [1.82, 2.24) is 25.0 Å². The standard InChI is InChI=1S/C22H20ClN5O2S/c23-17-10-8-15(9-11-17)20-25-27-22(28(20)13-18-7-4-12-29-18)31-14-19-24-26-21(30-19)16-5-2-1-3-6-16/h1-3,5-6,8-11,18H,4,7,12-14H2/t18-/m1/s1. The predicted molar refractivity (Wildman–Crippen MR) is 119 cm³/mol. The first-order valence-electron chi connectivity index (χ1n) is 10.1. The monoisotopic (exact) mass is 453 g/mol. The summed E-state index contributed by atoms with van der Waals surface area (Å²) in [6.07, 6.45) is 2.27. The van der Waals surface area contributed by atoms with Gasteiger partial charge in [0.15, 0.2) is 11.0 Å². The zero-order chi connectivity index (χ0) is 21.0. The summed E-state index contributed by atoms with van der Waals surface area (Å²) in [6.45, 7) is 1.50. The molecule has 7 nitrogen and oxygen atoms in total. The summed E-state index contributed by atoms with van der Waals surface area (Å²) < 4.78 is 13.8. The van der Waals surface area contributed by atoms with E-state index in [1.807, 2.05) is 54.6 Å². The molecule has 0 bridgehead atoms. The fourth-order valence-electron chi connectivity index (χ4n) is 3.50. The first-order chi connectivity index (χ1) is 15.3. The second kappa shape index (κ2) is 9.21. The van der Waals surface area contributed by atoms with Gasteiger partial charge in [0.05, 0.1) is 18.4 Å². The number of hydrogen-bond acceptors (Lipinski definition) is 7. The largest absolute Gasteiger partial charge is 0.420 e. The van der Waals surface area contributed by atoms with Gasteiger partial charge in [-0.15, -0.1) is 20.4 Å². The minimum atomic E-state index is 0.162. The zero-order valence-electron chi connectivity index (χ0n) is 16.6. The van der Waals surface area contributed by atoms with Crippen molar-refractivity contribution in [2.24, 2.45) is 0 Å². The summed E-state index contributed by atoms with van der Waals surface area (Å²) >= 11 is 7.58. The minimum Gasteiger partial charge on any atom is -0.420 e. The van der Waals surface area contributed by atoms with E-state index in [0.717, 1.165) is 41.6 Å². The average Bonchev–Trinajstić information content (AvgIpc) is 3.56. The smallest absolute Gasteiger partial charge is 0.247 e. The van der Waals surface area contributed by atoms with Gasteiger partial charge in [0.2, 0.25) is 11.8 Å². The molecule has 5 rings (SSSR count). The second-order valence-electron chi connectivity index (χ2n) is 7.21. The fourth-order valence-corrected chi connectivity index (χ4v) is 4.41. The number of thioether (sulfide) groups is 1. The summed E-state index contributed by atoms with van der Waals surface area (Å²) in [7, 11) is 0. The van der Waals surface area contributed by atoms with Crippen molar-refractivity contribution in [2.75, 3.05) is 6.61 Å². The summed E-state index contributed by atoms with van der Waals surface area (Å²) in [5.41, 5.74) is 1.86. The summed E-state index contributed by atoms with van der Waals surface area (Å²) in [5.74, 6) is 2.36. The van der Waals surface area contributed by atoms with E-state index in [0.29, 0.717) is 29.1 Å². The van der Waals surface area contributed by atoms with Gasteiger partial charge in [-0.25, -0.2) is 0 Å². The van der Waals surface area contributed by atoms with Gasteiger partial charge in [-0.05, 0) is 49.2 Å². The van der Waals surface area contributed by atoms with Crippen LogP contribution in [0.2, 0.25) is 5.02 Å². The summed E-state index contributed by atoms with van der Waals surface area (Å²) in [6, 6.07) is 17.4. The molecule has 1 aliphatic rings. The van der Waals surface area contributed by atoms with Crippen LogP contribution in [0, 0.1) is 0 Å². The first kappa shape index (κ1) is 20.2. The van der Waals surface area contributed by atoms with E-state index in [4.69, 9.17) is 20.8 Å². The van der Waals surface area contributed by atoms with E-state index in [1.54, 1.807) is 0 Å². The number of nitrogens with zero attached hydrogens (tertiary/aromatic N) is 5. The maximum atomic E-state index is 6.06. The highest BCUT2D eigenvalue weighted by Crippen LogP contribution is 2.29. The van der Waals surface area contributed by atoms with Gasteiger partial charge >= 0.3 is 0 Å². The van der Waals surface area contributed by atoms with Crippen LogP contribution in [-0.4, -0.2) is 37.7 Å². The molecule has 0 aliphatic carbocycles. The lowest BCUT2D eigenvalue weighted by molar-refractivity contribution is 0.0953. The Morgan fingerprint density at radius 3 is 2.58 bits per heavy atom. The molecular formula is C22H20ClN5O2S. The van der Waals surface area contributed by atoms with Gasteiger partial charge in [0, 0.05) is 22.8 Å². The van der Waals surface area contributed by atoms with Crippen LogP contribution in [0.5, 0.6) is 0 Å². The molecule has 4 aromatic rings. The van der Waals surface area contributed by atoms with Crippen LogP contribution < -0.4 is 0 Å². The van der Waals surface area contributed by atoms with Gasteiger partial charge in [0.1, 0.15) is 0 Å². The van der Waals surface area contributed by atoms with Crippen molar-refractivity contribution in [3.8, 4) is 22.8 Å². The van der Waals surface area contributed by atoms with Crippen LogP contribution in [0.3, 0.4) is 0 Å². The number of halogens is 1. The van der Waals surface area contributed by atoms with Crippen LogP contribution in [0.25, 0.3) is 22.8 Å². The number of hydrogen-bond donors (Lipinski definition) is 0. The zero-order valence-corrected chi connectivity index (χ0v) is 18.2. The number of benzene rings is 2. The Bertz CT molecular complexity index is 1140. The molecule has 0 saturated carbocycles. The highest BCUT2D eigenvalue weighted by atomic mass is 35.5. The molecule has 3 heterocycles. The topological polar surface area (TPSA) is 78.9 Å². The van der Waals surface area contributed by atoms with E-state index in [2.05, 4.69) is 25.0 Å². The van der Waals surface area contributed by atoms with Crippen LogP contribution in [0.4, 0.5) is 0 Å². The number of ether oxygens (including phenoxy) is 1. The molecule has 0 unspecified atom stereocenters. The second-order valence-corrected chi connectivity index (χ2v) is 8.59. The fraction of sp³-hybridized carbons (Fsp3) is 0.273. The Kier molecular flexibility index (Phi) is 6.01. The number of aromatic nitrogens is 5. The Hall–Kier alpha value is -2.68. The van der Waals surface area contributed by atoms with Crippen molar-refractivity contribution in [3.63, 3.8) is 0 Å². The third-order valence-electron chi connectivity index (χ3n) is 5.04. The minimum absolute atomic E-state index is 0.162. The summed E-state index contributed by atoms with van der Waals surface area (Å²) in [4.78, 5) is 0. The van der Waals surface area contributed by atoms with E-state index in [9.17, 15) is 0 Å². The third kappa shape index (κ3) is 4.66. The first-order valence-corrected chi connectivity index (χ1v) is 11.4. The number of rotatable bonds is 7. The molecule has 2 aromatic heterocycles. The molecule has 0 radical (unpaired) electrons. The lowest BCUT2D eigenvalue weighted by atomic mass is 10.2. The van der Waals surface area contributed by atoms with Gasteiger partial charge in [0.25, 0.3) is 0 Å². The molecule has 1 aliphatic heterocycles. The van der Waals surface area contributed by atoms with Crippen LogP contribution in [-0.2, 0) is 17.0 Å². The molecule has 1 atom stereocenters. The third-order valence-corrected chi connectivity index (χ3v) is 6.25. The van der Waals surface area contributed by atoms with Gasteiger partial charge in [-0.2, -0.15) is 0 Å². The molecule has 1 saturated heterocycles. The highest BCUT2D eigenvalue weighted by Gasteiger charge is 2.22. The SMILES string of the molecule is Clc1ccc(-c2nnc(SCc3nnc(-c4ccccc4)o3)n2C[C@H]2CCCO2)cc1. The van der Waals surface area contributed by atoms with Crippen LogP contribution in [0.1, 0.15) is 18.7 Å². The highest BCUT2D eigenvalue weighted by molar-refractivity contribution is 7.98. The quantitative estimate of drug-likeness (QED) is 0.359. The lowest BCUT2D eigenvalue weighted by Crippen LogP contribution is -2.16. The van der Waals surface area contributed by atoms with Crippen molar-refractivity contribution >= 4 is 23.4 Å². The average molecular weight is 454 g/mol. The Labute approximate surface area is 188 Å². The van der Waals surface area contributed by atoms with Gasteiger partial charge in [-0.1, -0.05) is 41.6 Å². The Morgan fingerprint density at radius 1 is 0.968 bits per heavy atom. The van der Waals surface area contributed by atoms with E-state index in [1.165, 1.54) is 11.8 Å². The molecule has 9 heteroatoms. The normalized spacial score (nSPS) is 16.1. The molecule has 2 aromatic carbocycles. The Balaban J connectivity index is 1.37. The summed E-state index contributed by atoms with van der Waals surface area (Å²) in [5, 5.41) is 18.7. The van der Waals surface area contributed by atoms with Gasteiger partial charge < -0.3 is 9.15 Å². The molecule has 31 heavy (non-hydrogen) atoms. The lowest BCUT2D eigenvalue weighted by Gasteiger charge is -2.14. The van der Waals surface area contributed by atoms with Gasteiger partial charge in [-0.3, -0.25) is 4.57 Å². The van der Waals surface area contributed by atoms with Crippen molar-refractivity contribution in [2.45, 2.75) is 36.4 Å². The van der Waals surface area contributed by atoms with Crippen molar-refractivity contribution in [3.05, 3.63) is 65.5 Å². The molecule has 1 fully saturated rings. The Morgan fingerprint density at radius 2 is 1.81 bits per heavy atom. The van der Waals surface area contributed by atoms with Crippen LogP contribution in [0.15, 0.2) is 64.2 Å². The van der Waals surface area contributed by atoms with E-state index in [-0.39, 0.29) is 6.10 Å². The van der Waals surface area contributed by atoms with Crippen molar-refractivity contribution < 1.29 is 9.15 Å².